The van der Waals surface area contributed by atoms with Gasteiger partial charge in [0.1, 0.15) is 11.6 Å². The number of nitrogens with one attached hydrogen (secondary N) is 2. The zero-order valence-electron chi connectivity index (χ0n) is 9.95. The van der Waals surface area contributed by atoms with Gasteiger partial charge in [-0.15, -0.1) is 0 Å². The van der Waals surface area contributed by atoms with Crippen molar-refractivity contribution in [3.8, 4) is 5.75 Å². The van der Waals surface area contributed by atoms with E-state index in [1.54, 1.807) is 6.92 Å². The molecule has 0 fully saturated rings. The molecule has 7 heteroatoms. The van der Waals surface area contributed by atoms with Crippen molar-refractivity contribution in [3.05, 3.63) is 29.6 Å². The molecule has 0 saturated carbocycles. The summed E-state index contributed by atoms with van der Waals surface area (Å²) >= 11 is 0. The van der Waals surface area contributed by atoms with Gasteiger partial charge < -0.3 is 9.47 Å². The number of amides is 2. The fourth-order valence-electron chi connectivity index (χ4n) is 1.20. The lowest BCUT2D eigenvalue weighted by Crippen LogP contribution is -2.42. The average Bonchev–Trinajstić information content (AvgIpc) is 2.36. The van der Waals surface area contributed by atoms with Gasteiger partial charge in [-0.05, 0) is 25.1 Å². The molecule has 2 N–H and O–H groups in total. The molecular weight excluding hydrogens is 243 g/mol. The number of carbonyl (C=O) groups is 2. The molecule has 0 aliphatic carbocycles. The number of methoxy groups -OCH3 is 1. The van der Waals surface area contributed by atoms with Crippen LogP contribution < -0.4 is 15.6 Å². The first kappa shape index (κ1) is 13.8. The van der Waals surface area contributed by atoms with Crippen LogP contribution in [0.25, 0.3) is 0 Å². The van der Waals surface area contributed by atoms with Crippen molar-refractivity contribution >= 4 is 12.0 Å². The number of halogens is 1. The first-order valence-corrected chi connectivity index (χ1v) is 5.15. The van der Waals surface area contributed by atoms with Crippen molar-refractivity contribution in [1.29, 1.82) is 0 Å². The molecule has 18 heavy (non-hydrogen) atoms. The fraction of sp³-hybridized carbons (Fsp3) is 0.273. The van der Waals surface area contributed by atoms with Crippen LogP contribution in [0.2, 0.25) is 0 Å². The van der Waals surface area contributed by atoms with Crippen LogP contribution in [0.1, 0.15) is 17.3 Å². The second kappa shape index (κ2) is 6.43. The Bertz CT molecular complexity index is 451. The number of hydrogen-bond donors (Lipinski definition) is 2. The summed E-state index contributed by atoms with van der Waals surface area (Å²) in [6.45, 7) is 1.79. The van der Waals surface area contributed by atoms with E-state index in [9.17, 15) is 14.0 Å². The summed E-state index contributed by atoms with van der Waals surface area (Å²) in [6.07, 6.45) is -0.804. The monoisotopic (exact) mass is 256 g/mol. The maximum atomic E-state index is 13.0. The molecule has 0 aliphatic rings. The van der Waals surface area contributed by atoms with Crippen LogP contribution in [-0.4, -0.2) is 25.7 Å². The van der Waals surface area contributed by atoms with E-state index in [2.05, 4.69) is 10.2 Å². The summed E-state index contributed by atoms with van der Waals surface area (Å²) in [7, 11) is 1.35. The van der Waals surface area contributed by atoms with Gasteiger partial charge in [0.15, 0.2) is 0 Å². The molecule has 0 atom stereocenters. The van der Waals surface area contributed by atoms with Gasteiger partial charge in [0.2, 0.25) is 0 Å². The lowest BCUT2D eigenvalue weighted by Gasteiger charge is -2.10. The fourth-order valence-corrected chi connectivity index (χ4v) is 1.20. The minimum absolute atomic E-state index is 0.0331. The van der Waals surface area contributed by atoms with E-state index < -0.39 is 17.8 Å². The molecule has 2 amide bonds. The van der Waals surface area contributed by atoms with Gasteiger partial charge >= 0.3 is 6.09 Å². The average molecular weight is 256 g/mol. The molecule has 6 nitrogen and oxygen atoms in total. The summed E-state index contributed by atoms with van der Waals surface area (Å²) in [5.41, 5.74) is 4.06. The minimum atomic E-state index is -0.804. The number of rotatable bonds is 3. The summed E-state index contributed by atoms with van der Waals surface area (Å²) in [5.74, 6) is -1.10. The van der Waals surface area contributed by atoms with Gasteiger partial charge in [-0.25, -0.2) is 14.6 Å². The number of ether oxygens (including phenoxy) is 2. The van der Waals surface area contributed by atoms with Crippen LogP contribution in [0, 0.1) is 5.82 Å². The largest absolute Gasteiger partial charge is 0.496 e. The van der Waals surface area contributed by atoms with Gasteiger partial charge in [0, 0.05) is 0 Å². The predicted octanol–water partition coefficient (Wildman–Crippen LogP) is 1.23. The second-order valence-electron chi connectivity index (χ2n) is 3.14. The van der Waals surface area contributed by atoms with Gasteiger partial charge in [0.05, 0.1) is 19.3 Å². The zero-order chi connectivity index (χ0) is 13.5. The molecule has 0 radical (unpaired) electrons. The van der Waals surface area contributed by atoms with Crippen LogP contribution in [0.15, 0.2) is 18.2 Å². The molecule has 0 aliphatic heterocycles. The van der Waals surface area contributed by atoms with E-state index in [0.717, 1.165) is 12.1 Å². The van der Waals surface area contributed by atoms with Crippen LogP contribution in [0.5, 0.6) is 5.75 Å². The zero-order valence-corrected chi connectivity index (χ0v) is 9.95. The van der Waals surface area contributed by atoms with E-state index in [1.807, 2.05) is 5.43 Å². The van der Waals surface area contributed by atoms with Crippen molar-refractivity contribution in [2.75, 3.05) is 13.7 Å². The van der Waals surface area contributed by atoms with Crippen molar-refractivity contribution in [3.63, 3.8) is 0 Å². The molecule has 0 heterocycles. The van der Waals surface area contributed by atoms with Crippen LogP contribution in [0.4, 0.5) is 9.18 Å². The van der Waals surface area contributed by atoms with E-state index >= 15 is 0 Å². The van der Waals surface area contributed by atoms with E-state index in [-0.39, 0.29) is 17.9 Å². The Hall–Kier alpha value is -2.31. The van der Waals surface area contributed by atoms with Gasteiger partial charge in [-0.1, -0.05) is 0 Å². The maximum absolute atomic E-state index is 13.0. The number of hydrogen-bond acceptors (Lipinski definition) is 4. The highest BCUT2D eigenvalue weighted by atomic mass is 19.1. The third kappa shape index (κ3) is 3.62. The lowest BCUT2D eigenvalue weighted by atomic mass is 10.2. The molecule has 0 saturated heterocycles. The van der Waals surface area contributed by atoms with Crippen molar-refractivity contribution in [2.24, 2.45) is 0 Å². The Morgan fingerprint density at radius 3 is 2.67 bits per heavy atom. The lowest BCUT2D eigenvalue weighted by molar-refractivity contribution is 0.0909. The number of benzene rings is 1. The van der Waals surface area contributed by atoms with Gasteiger partial charge in [-0.3, -0.25) is 10.2 Å². The van der Waals surface area contributed by atoms with Crippen LogP contribution in [0.3, 0.4) is 0 Å². The van der Waals surface area contributed by atoms with E-state index in [1.165, 1.54) is 13.2 Å². The molecule has 0 aromatic heterocycles. The normalized spacial score (nSPS) is 9.50. The standard InChI is InChI=1S/C11H13FN2O4/c1-3-18-11(16)14-13-10(15)8-6-7(12)4-5-9(8)17-2/h4-6H,3H2,1-2H3,(H,13,15)(H,14,16). The van der Waals surface area contributed by atoms with Gasteiger partial charge in [-0.2, -0.15) is 0 Å². The smallest absolute Gasteiger partial charge is 0.426 e. The Morgan fingerprint density at radius 1 is 1.33 bits per heavy atom. The quantitative estimate of drug-likeness (QED) is 0.797. The van der Waals surface area contributed by atoms with E-state index in [0.29, 0.717) is 0 Å². The Balaban J connectivity index is 2.71. The Labute approximate surface area is 103 Å². The van der Waals surface area contributed by atoms with E-state index in [4.69, 9.17) is 4.74 Å². The second-order valence-corrected chi connectivity index (χ2v) is 3.14. The highest BCUT2D eigenvalue weighted by Gasteiger charge is 2.14. The highest BCUT2D eigenvalue weighted by molar-refractivity contribution is 5.97. The molecule has 1 aromatic rings. The predicted molar refractivity (Wildman–Crippen MR) is 60.6 cm³/mol. The molecule has 98 valence electrons. The molecule has 0 bridgehead atoms. The summed E-state index contributed by atoms with van der Waals surface area (Å²) < 4.78 is 22.5. The first-order chi connectivity index (χ1) is 8.58. The molecule has 0 spiro atoms. The molecule has 0 unspecified atom stereocenters. The van der Waals surface area contributed by atoms with Crippen LogP contribution >= 0.6 is 0 Å². The third-order valence-corrected chi connectivity index (χ3v) is 1.96. The third-order valence-electron chi connectivity index (χ3n) is 1.96. The number of hydrazine groups is 1. The molecular formula is C11H13FN2O4. The number of carbonyl (C=O) groups excluding carboxylic acids is 2. The maximum Gasteiger partial charge on any atom is 0.426 e. The van der Waals surface area contributed by atoms with Crippen molar-refractivity contribution < 1.29 is 23.5 Å². The van der Waals surface area contributed by atoms with Crippen molar-refractivity contribution in [1.82, 2.24) is 10.9 Å². The summed E-state index contributed by atoms with van der Waals surface area (Å²) in [5, 5.41) is 0. The first-order valence-electron chi connectivity index (χ1n) is 5.15. The Morgan fingerprint density at radius 2 is 2.06 bits per heavy atom. The summed E-state index contributed by atoms with van der Waals surface area (Å²) in [6, 6.07) is 3.48. The van der Waals surface area contributed by atoms with Gasteiger partial charge in [0.25, 0.3) is 5.91 Å². The topological polar surface area (TPSA) is 76.7 Å². The summed E-state index contributed by atoms with van der Waals surface area (Å²) in [4.78, 5) is 22.6. The molecule has 1 aromatic carbocycles. The highest BCUT2D eigenvalue weighted by Crippen LogP contribution is 2.18. The SMILES string of the molecule is CCOC(=O)NNC(=O)c1cc(F)ccc1OC. The molecule has 1 rings (SSSR count). The van der Waals surface area contributed by atoms with Crippen LogP contribution in [-0.2, 0) is 4.74 Å². The minimum Gasteiger partial charge on any atom is -0.496 e. The Kier molecular flexibility index (Phi) is 4.91. The van der Waals surface area contributed by atoms with Crippen molar-refractivity contribution in [2.45, 2.75) is 6.92 Å².